The van der Waals surface area contributed by atoms with Crippen LogP contribution in [0.3, 0.4) is 0 Å². The molecule has 0 aliphatic carbocycles. The Labute approximate surface area is 109 Å². The monoisotopic (exact) mass is 275 g/mol. The molecule has 1 atom stereocenters. The van der Waals surface area contributed by atoms with Crippen molar-refractivity contribution in [2.75, 3.05) is 13.1 Å². The van der Waals surface area contributed by atoms with Crippen LogP contribution >= 0.6 is 0 Å². The topological polar surface area (TPSA) is 67.1 Å². The summed E-state index contributed by atoms with van der Waals surface area (Å²) in [5.41, 5.74) is 6.44. The van der Waals surface area contributed by atoms with Gasteiger partial charge in [0.25, 0.3) is 0 Å². The fraction of sp³-hybridized carbons (Fsp3) is 0.417. The number of benzene rings is 1. The van der Waals surface area contributed by atoms with Crippen LogP contribution in [0.15, 0.2) is 30.3 Å². The van der Waals surface area contributed by atoms with E-state index in [1.54, 1.807) is 5.32 Å². The third-order valence-electron chi connectivity index (χ3n) is 2.39. The molecule has 0 aliphatic rings. The van der Waals surface area contributed by atoms with Gasteiger partial charge in [0.2, 0.25) is 0 Å². The molecule has 0 aliphatic heterocycles. The number of rotatable bonds is 5. The minimum atomic E-state index is -4.42. The number of urea groups is 1. The maximum absolute atomic E-state index is 11.9. The zero-order valence-corrected chi connectivity index (χ0v) is 10.2. The molecule has 0 spiro atoms. The van der Waals surface area contributed by atoms with E-state index in [-0.39, 0.29) is 6.54 Å². The lowest BCUT2D eigenvalue weighted by molar-refractivity contribution is -0.122. The van der Waals surface area contributed by atoms with Crippen molar-refractivity contribution in [3.8, 4) is 0 Å². The first-order valence-electron chi connectivity index (χ1n) is 5.76. The second-order valence-corrected chi connectivity index (χ2v) is 4.06. The predicted molar refractivity (Wildman–Crippen MR) is 65.6 cm³/mol. The van der Waals surface area contributed by atoms with Crippen LogP contribution in [0.2, 0.25) is 0 Å². The maximum atomic E-state index is 11.9. The first-order chi connectivity index (χ1) is 8.90. The molecule has 0 fully saturated rings. The second kappa shape index (κ2) is 6.98. The van der Waals surface area contributed by atoms with Gasteiger partial charge in [-0.15, -0.1) is 0 Å². The van der Waals surface area contributed by atoms with E-state index in [0.29, 0.717) is 6.42 Å². The predicted octanol–water partition coefficient (Wildman–Crippen LogP) is 1.42. The molecular formula is C12H16F3N3O. The molecule has 0 saturated heterocycles. The Bertz CT molecular complexity index is 395. The van der Waals surface area contributed by atoms with E-state index < -0.39 is 24.8 Å². The van der Waals surface area contributed by atoms with E-state index in [4.69, 9.17) is 5.73 Å². The Balaban J connectivity index is 2.42. The van der Waals surface area contributed by atoms with Gasteiger partial charge >= 0.3 is 12.2 Å². The van der Waals surface area contributed by atoms with Gasteiger partial charge < -0.3 is 16.4 Å². The number of alkyl halides is 3. The highest BCUT2D eigenvalue weighted by Crippen LogP contribution is 2.12. The van der Waals surface area contributed by atoms with E-state index in [2.05, 4.69) is 5.32 Å². The summed E-state index contributed by atoms with van der Waals surface area (Å²) >= 11 is 0. The minimum Gasteiger partial charge on any atom is -0.334 e. The summed E-state index contributed by atoms with van der Waals surface area (Å²) in [6.07, 6.45) is -3.95. The number of hydrogen-bond donors (Lipinski definition) is 3. The Morgan fingerprint density at radius 2 is 1.89 bits per heavy atom. The average Bonchev–Trinajstić information content (AvgIpc) is 2.36. The lowest BCUT2D eigenvalue weighted by Gasteiger charge is -2.18. The van der Waals surface area contributed by atoms with Crippen molar-refractivity contribution in [2.45, 2.75) is 18.6 Å². The van der Waals surface area contributed by atoms with Gasteiger partial charge in [-0.05, 0) is 12.0 Å². The highest BCUT2D eigenvalue weighted by molar-refractivity contribution is 5.74. The number of hydrogen-bond acceptors (Lipinski definition) is 2. The summed E-state index contributed by atoms with van der Waals surface area (Å²) in [7, 11) is 0. The summed E-state index contributed by atoms with van der Waals surface area (Å²) in [5.74, 6) is 0. The molecule has 4 nitrogen and oxygen atoms in total. The van der Waals surface area contributed by atoms with E-state index in [0.717, 1.165) is 5.56 Å². The SMILES string of the molecule is NCC(Cc1ccccc1)NC(=O)NCC(F)(F)F. The molecule has 0 heterocycles. The molecule has 0 bridgehead atoms. The van der Waals surface area contributed by atoms with Crippen LogP contribution in [0.5, 0.6) is 0 Å². The molecule has 106 valence electrons. The fourth-order valence-corrected chi connectivity index (χ4v) is 1.51. The smallest absolute Gasteiger partial charge is 0.334 e. The Hall–Kier alpha value is -1.76. The molecular weight excluding hydrogens is 259 g/mol. The van der Waals surface area contributed by atoms with Crippen LogP contribution in [0.4, 0.5) is 18.0 Å². The van der Waals surface area contributed by atoms with Crippen molar-refractivity contribution >= 4 is 6.03 Å². The van der Waals surface area contributed by atoms with Crippen molar-refractivity contribution in [1.82, 2.24) is 10.6 Å². The maximum Gasteiger partial charge on any atom is 0.405 e. The van der Waals surface area contributed by atoms with Gasteiger partial charge in [-0.2, -0.15) is 13.2 Å². The van der Waals surface area contributed by atoms with E-state index in [1.807, 2.05) is 30.3 Å². The molecule has 1 aromatic carbocycles. The molecule has 1 aromatic rings. The number of nitrogens with two attached hydrogens (primary N) is 1. The molecule has 0 saturated carbocycles. The number of amides is 2. The average molecular weight is 275 g/mol. The van der Waals surface area contributed by atoms with Crippen LogP contribution in [0.25, 0.3) is 0 Å². The van der Waals surface area contributed by atoms with E-state index in [9.17, 15) is 18.0 Å². The molecule has 1 unspecified atom stereocenters. The first kappa shape index (κ1) is 15.3. The molecule has 19 heavy (non-hydrogen) atoms. The molecule has 2 amide bonds. The highest BCUT2D eigenvalue weighted by Gasteiger charge is 2.27. The quantitative estimate of drug-likeness (QED) is 0.760. The summed E-state index contributed by atoms with van der Waals surface area (Å²) in [5, 5.41) is 4.16. The van der Waals surface area contributed by atoms with Crippen LogP contribution in [-0.4, -0.2) is 31.3 Å². The fourth-order valence-electron chi connectivity index (χ4n) is 1.51. The highest BCUT2D eigenvalue weighted by atomic mass is 19.4. The van der Waals surface area contributed by atoms with Gasteiger partial charge in [-0.1, -0.05) is 30.3 Å². The minimum absolute atomic E-state index is 0.147. The molecule has 1 rings (SSSR count). The third kappa shape index (κ3) is 6.66. The molecule has 7 heteroatoms. The molecule has 0 radical (unpaired) electrons. The number of carbonyl (C=O) groups excluding carboxylic acids is 1. The number of nitrogens with one attached hydrogen (secondary N) is 2. The van der Waals surface area contributed by atoms with Crippen LogP contribution in [-0.2, 0) is 6.42 Å². The summed E-state index contributed by atoms with van der Waals surface area (Å²) in [4.78, 5) is 11.3. The Morgan fingerprint density at radius 3 is 2.42 bits per heavy atom. The zero-order valence-electron chi connectivity index (χ0n) is 10.2. The van der Waals surface area contributed by atoms with Crippen LogP contribution in [0, 0.1) is 0 Å². The van der Waals surface area contributed by atoms with Crippen molar-refractivity contribution in [1.29, 1.82) is 0 Å². The van der Waals surface area contributed by atoms with Gasteiger partial charge in [0, 0.05) is 12.6 Å². The van der Waals surface area contributed by atoms with E-state index >= 15 is 0 Å². The van der Waals surface area contributed by atoms with E-state index in [1.165, 1.54) is 0 Å². The zero-order chi connectivity index (χ0) is 14.3. The van der Waals surface area contributed by atoms with Gasteiger partial charge in [-0.3, -0.25) is 0 Å². The number of halogens is 3. The Kier molecular flexibility index (Phi) is 5.62. The van der Waals surface area contributed by atoms with Crippen LogP contribution < -0.4 is 16.4 Å². The number of carbonyl (C=O) groups is 1. The summed E-state index contributed by atoms with van der Waals surface area (Å²) in [6.45, 7) is -1.21. The van der Waals surface area contributed by atoms with Crippen molar-refractivity contribution in [2.24, 2.45) is 5.73 Å². The standard InChI is InChI=1S/C12H16F3N3O/c13-12(14,15)8-17-11(19)18-10(7-16)6-9-4-2-1-3-5-9/h1-5,10H,6-8,16H2,(H2,17,18,19). The van der Waals surface area contributed by atoms with Crippen molar-refractivity contribution in [3.05, 3.63) is 35.9 Å². The van der Waals surface area contributed by atoms with Crippen molar-refractivity contribution < 1.29 is 18.0 Å². The lowest BCUT2D eigenvalue weighted by Crippen LogP contribution is -2.48. The largest absolute Gasteiger partial charge is 0.405 e. The molecule has 0 aromatic heterocycles. The van der Waals surface area contributed by atoms with Gasteiger partial charge in [0.15, 0.2) is 0 Å². The Morgan fingerprint density at radius 1 is 1.26 bits per heavy atom. The molecule has 4 N–H and O–H groups in total. The summed E-state index contributed by atoms with van der Waals surface area (Å²) in [6, 6.07) is 7.97. The van der Waals surface area contributed by atoms with Gasteiger partial charge in [0.05, 0.1) is 0 Å². The van der Waals surface area contributed by atoms with Crippen molar-refractivity contribution in [3.63, 3.8) is 0 Å². The van der Waals surface area contributed by atoms with Gasteiger partial charge in [0.1, 0.15) is 6.54 Å². The van der Waals surface area contributed by atoms with Crippen LogP contribution in [0.1, 0.15) is 5.56 Å². The normalized spacial score (nSPS) is 12.8. The lowest BCUT2D eigenvalue weighted by atomic mass is 10.1. The third-order valence-corrected chi connectivity index (χ3v) is 2.39. The first-order valence-corrected chi connectivity index (χ1v) is 5.76. The second-order valence-electron chi connectivity index (χ2n) is 4.06. The summed E-state index contributed by atoms with van der Waals surface area (Å²) < 4.78 is 35.7. The van der Waals surface area contributed by atoms with Gasteiger partial charge in [-0.25, -0.2) is 4.79 Å².